The number of aryl methyl sites for hydroxylation is 3. The minimum atomic E-state index is -0.418. The number of carbonyl (C=O) groups excluding carboxylic acids is 2. The van der Waals surface area contributed by atoms with Crippen molar-refractivity contribution in [3.8, 4) is 0 Å². The first kappa shape index (κ1) is 22.3. The second-order valence-corrected chi connectivity index (χ2v) is 8.17. The fourth-order valence-corrected chi connectivity index (χ4v) is 3.92. The Morgan fingerprint density at radius 3 is 2.58 bits per heavy atom. The molecule has 2 aromatic heterocycles. The number of H-pyrrole nitrogens is 1. The van der Waals surface area contributed by atoms with Crippen LogP contribution in [0.1, 0.15) is 62.4 Å². The molecule has 9 heteroatoms. The molecule has 1 aliphatic rings. The molecule has 1 aliphatic heterocycles. The number of aromatic nitrogens is 3. The van der Waals surface area contributed by atoms with Crippen molar-refractivity contribution in [2.75, 3.05) is 11.9 Å². The summed E-state index contributed by atoms with van der Waals surface area (Å²) in [6.07, 6.45) is 2.85. The number of nitrogens with one attached hydrogen (secondary N) is 2. The van der Waals surface area contributed by atoms with Gasteiger partial charge >= 0.3 is 0 Å². The summed E-state index contributed by atoms with van der Waals surface area (Å²) in [6.45, 7) is 5.81. The highest BCUT2D eigenvalue weighted by molar-refractivity contribution is 6.04. The van der Waals surface area contributed by atoms with Crippen molar-refractivity contribution in [1.82, 2.24) is 19.9 Å². The Bertz CT molecular complexity index is 1290. The molecule has 0 radical (unpaired) electrons. The number of nitrogens with zero attached hydrogens (tertiary/aromatic N) is 3. The monoisotopic (exact) mass is 449 g/mol. The second kappa shape index (κ2) is 8.93. The van der Waals surface area contributed by atoms with Crippen LogP contribution in [0.5, 0.6) is 0 Å². The second-order valence-electron chi connectivity index (χ2n) is 8.17. The quantitative estimate of drug-likeness (QED) is 0.634. The highest BCUT2D eigenvalue weighted by atomic mass is 19.1. The first-order chi connectivity index (χ1) is 15.7. The number of halogens is 1. The van der Waals surface area contributed by atoms with Gasteiger partial charge in [0.05, 0.1) is 17.3 Å². The van der Waals surface area contributed by atoms with Gasteiger partial charge in [0.15, 0.2) is 5.82 Å². The number of amides is 2. The Labute approximate surface area is 189 Å². The van der Waals surface area contributed by atoms with Crippen molar-refractivity contribution in [3.05, 3.63) is 86.6 Å². The van der Waals surface area contributed by atoms with Gasteiger partial charge in [-0.05, 0) is 69.5 Å². The summed E-state index contributed by atoms with van der Waals surface area (Å²) in [4.78, 5) is 51.4. The van der Waals surface area contributed by atoms with E-state index < -0.39 is 17.3 Å². The number of hydrogen-bond donors (Lipinski definition) is 2. The van der Waals surface area contributed by atoms with Gasteiger partial charge in [0.25, 0.3) is 17.4 Å². The molecule has 1 saturated heterocycles. The van der Waals surface area contributed by atoms with Gasteiger partial charge < -0.3 is 15.2 Å². The smallest absolute Gasteiger partial charge is 0.261 e. The molecule has 2 N–H and O–H groups in total. The number of pyridine rings is 1. The first-order valence-electron chi connectivity index (χ1n) is 10.7. The zero-order chi connectivity index (χ0) is 23.7. The van der Waals surface area contributed by atoms with Crippen LogP contribution >= 0.6 is 0 Å². The summed E-state index contributed by atoms with van der Waals surface area (Å²) in [5.41, 5.74) is 2.43. The van der Waals surface area contributed by atoms with Crippen molar-refractivity contribution in [3.63, 3.8) is 0 Å². The van der Waals surface area contributed by atoms with Gasteiger partial charge in [0, 0.05) is 24.1 Å². The standard InChI is InChI=1S/C24H24FN5O3/c1-13-11-18(22(31)28-14(13)2)24(33)30-10-4-5-20(30)21-26-12-19(15(3)27-21)23(32)29-17-8-6-16(25)7-9-17/h6-9,11-12,20H,4-5,10H2,1-3H3,(H,28,31)(H,29,32). The van der Waals surface area contributed by atoms with Gasteiger partial charge in [-0.1, -0.05) is 0 Å². The maximum absolute atomic E-state index is 13.2. The van der Waals surface area contributed by atoms with E-state index in [4.69, 9.17) is 0 Å². The molecule has 0 spiro atoms. The lowest BCUT2D eigenvalue weighted by molar-refractivity contribution is 0.0727. The number of anilines is 1. The van der Waals surface area contributed by atoms with Gasteiger partial charge in [-0.2, -0.15) is 0 Å². The Kier molecular flexibility index (Phi) is 6.04. The summed E-state index contributed by atoms with van der Waals surface area (Å²) >= 11 is 0. The van der Waals surface area contributed by atoms with Crippen molar-refractivity contribution in [2.24, 2.45) is 0 Å². The number of carbonyl (C=O) groups is 2. The molecule has 0 saturated carbocycles. The van der Waals surface area contributed by atoms with Crippen molar-refractivity contribution in [2.45, 2.75) is 39.7 Å². The number of benzene rings is 1. The average molecular weight is 449 g/mol. The Hall–Kier alpha value is -3.88. The van der Waals surface area contributed by atoms with E-state index in [-0.39, 0.29) is 23.1 Å². The molecule has 1 fully saturated rings. The molecule has 0 aliphatic carbocycles. The lowest BCUT2D eigenvalue weighted by Crippen LogP contribution is -2.35. The normalized spacial score (nSPS) is 15.5. The molecule has 3 aromatic rings. The van der Waals surface area contributed by atoms with Crippen LogP contribution < -0.4 is 10.9 Å². The van der Waals surface area contributed by atoms with E-state index in [1.165, 1.54) is 30.5 Å². The molecule has 33 heavy (non-hydrogen) atoms. The predicted octanol–water partition coefficient (Wildman–Crippen LogP) is 3.46. The lowest BCUT2D eigenvalue weighted by atomic mass is 10.1. The van der Waals surface area contributed by atoms with Crippen LogP contribution in [0.15, 0.2) is 41.3 Å². The van der Waals surface area contributed by atoms with Crippen LogP contribution in [0.4, 0.5) is 10.1 Å². The molecule has 8 nitrogen and oxygen atoms in total. The highest BCUT2D eigenvalue weighted by Gasteiger charge is 2.34. The lowest BCUT2D eigenvalue weighted by Gasteiger charge is -2.24. The third kappa shape index (κ3) is 4.52. The first-order valence-corrected chi connectivity index (χ1v) is 10.7. The number of aromatic amines is 1. The average Bonchev–Trinajstić information content (AvgIpc) is 3.27. The number of hydrogen-bond acceptors (Lipinski definition) is 5. The molecule has 0 bridgehead atoms. The van der Waals surface area contributed by atoms with Gasteiger partial charge in [0.1, 0.15) is 11.4 Å². The third-order valence-electron chi connectivity index (χ3n) is 5.88. The summed E-state index contributed by atoms with van der Waals surface area (Å²) in [6, 6.07) is 6.68. The largest absolute Gasteiger partial charge is 0.328 e. The van der Waals surface area contributed by atoms with Crippen LogP contribution in [0.25, 0.3) is 0 Å². The molecule has 170 valence electrons. The van der Waals surface area contributed by atoms with Crippen LogP contribution in [0, 0.1) is 26.6 Å². The van der Waals surface area contributed by atoms with Crippen LogP contribution in [0.2, 0.25) is 0 Å². The van der Waals surface area contributed by atoms with E-state index in [0.717, 1.165) is 17.7 Å². The van der Waals surface area contributed by atoms with Crippen LogP contribution in [0.3, 0.4) is 0 Å². The SMILES string of the molecule is Cc1cc(C(=O)N2CCCC2c2ncc(C(=O)Nc3ccc(F)cc3)c(C)n2)c(=O)[nH]c1C. The molecular weight excluding hydrogens is 425 g/mol. The molecule has 2 amide bonds. The summed E-state index contributed by atoms with van der Waals surface area (Å²) in [5.74, 6) is -0.736. The van der Waals surface area contributed by atoms with Crippen molar-refractivity contribution in [1.29, 1.82) is 0 Å². The zero-order valence-corrected chi connectivity index (χ0v) is 18.6. The van der Waals surface area contributed by atoms with E-state index >= 15 is 0 Å². The maximum Gasteiger partial charge on any atom is 0.261 e. The molecule has 1 atom stereocenters. The molecule has 4 rings (SSSR count). The maximum atomic E-state index is 13.2. The van der Waals surface area contributed by atoms with Gasteiger partial charge in [-0.15, -0.1) is 0 Å². The van der Waals surface area contributed by atoms with Crippen LogP contribution in [-0.4, -0.2) is 38.2 Å². The van der Waals surface area contributed by atoms with Gasteiger partial charge in [-0.3, -0.25) is 14.4 Å². The highest BCUT2D eigenvalue weighted by Crippen LogP contribution is 2.31. The van der Waals surface area contributed by atoms with Gasteiger partial charge in [-0.25, -0.2) is 14.4 Å². The predicted molar refractivity (Wildman–Crippen MR) is 121 cm³/mol. The topological polar surface area (TPSA) is 108 Å². The van der Waals surface area contributed by atoms with Crippen molar-refractivity contribution < 1.29 is 14.0 Å². The Morgan fingerprint density at radius 1 is 1.15 bits per heavy atom. The molecule has 3 heterocycles. The fourth-order valence-electron chi connectivity index (χ4n) is 3.92. The summed E-state index contributed by atoms with van der Waals surface area (Å²) in [7, 11) is 0. The number of likely N-dealkylation sites (tertiary alicyclic amines) is 1. The van der Waals surface area contributed by atoms with Crippen LogP contribution in [-0.2, 0) is 0 Å². The number of rotatable bonds is 4. The minimum Gasteiger partial charge on any atom is -0.328 e. The van der Waals surface area contributed by atoms with E-state index in [2.05, 4.69) is 20.3 Å². The Balaban J connectivity index is 1.56. The van der Waals surface area contributed by atoms with Crippen molar-refractivity contribution >= 4 is 17.5 Å². The van der Waals surface area contributed by atoms with E-state index in [9.17, 15) is 18.8 Å². The third-order valence-corrected chi connectivity index (χ3v) is 5.88. The molecule has 1 unspecified atom stereocenters. The minimum absolute atomic E-state index is 0.0945. The summed E-state index contributed by atoms with van der Waals surface area (Å²) < 4.78 is 13.1. The summed E-state index contributed by atoms with van der Waals surface area (Å²) in [5, 5.41) is 2.69. The molecular formula is C24H24FN5O3. The van der Waals surface area contributed by atoms with E-state index in [1.54, 1.807) is 24.8 Å². The fraction of sp³-hybridized carbons (Fsp3) is 0.292. The Morgan fingerprint density at radius 2 is 1.88 bits per heavy atom. The van der Waals surface area contributed by atoms with Gasteiger partial charge in [0.2, 0.25) is 0 Å². The zero-order valence-electron chi connectivity index (χ0n) is 18.6. The molecule has 1 aromatic carbocycles. The van der Waals surface area contributed by atoms with E-state index in [1.807, 2.05) is 6.92 Å². The van der Waals surface area contributed by atoms with E-state index in [0.29, 0.717) is 30.2 Å².